The van der Waals surface area contributed by atoms with E-state index in [4.69, 9.17) is 11.6 Å². The molecule has 39 heavy (non-hydrogen) atoms. The minimum atomic E-state index is -4.22. The second-order valence-corrected chi connectivity index (χ2v) is 11.7. The van der Waals surface area contributed by atoms with Gasteiger partial charge < -0.3 is 10.2 Å². The standard InChI is InChI=1S/C29H33ClFN3O4S/c1-5-21(3)32-29(36)22(4)33(18-23-11-7-8-12-26(23)31)28(35)19-34(27-13-9-6-10-20(27)2)39(37,38)25-16-14-24(30)15-17-25/h6-17,21-22H,5,18-19H2,1-4H3,(H,32,36)/t21-,22+/m0/s1. The number of anilines is 1. The first-order chi connectivity index (χ1) is 18.4. The molecule has 2 amide bonds. The Hall–Kier alpha value is -3.43. The normalized spacial score (nSPS) is 12.9. The van der Waals surface area contributed by atoms with Gasteiger partial charge in [-0.2, -0.15) is 0 Å². The zero-order valence-electron chi connectivity index (χ0n) is 22.4. The number of carbonyl (C=O) groups is 2. The van der Waals surface area contributed by atoms with E-state index in [0.717, 1.165) is 4.31 Å². The fourth-order valence-electron chi connectivity index (χ4n) is 3.95. The second kappa shape index (κ2) is 13.1. The molecule has 2 atom stereocenters. The summed E-state index contributed by atoms with van der Waals surface area (Å²) < 4.78 is 43.3. The maximum Gasteiger partial charge on any atom is 0.264 e. The van der Waals surface area contributed by atoms with E-state index >= 15 is 0 Å². The van der Waals surface area contributed by atoms with Crippen LogP contribution in [0.5, 0.6) is 0 Å². The highest BCUT2D eigenvalue weighted by Gasteiger charge is 2.33. The van der Waals surface area contributed by atoms with Crippen LogP contribution in [0.1, 0.15) is 38.3 Å². The molecule has 10 heteroatoms. The summed E-state index contributed by atoms with van der Waals surface area (Å²) in [5, 5.41) is 3.22. The molecule has 208 valence electrons. The van der Waals surface area contributed by atoms with Crippen molar-refractivity contribution >= 4 is 39.1 Å². The van der Waals surface area contributed by atoms with Crippen molar-refractivity contribution in [3.05, 3.63) is 94.8 Å². The van der Waals surface area contributed by atoms with Crippen LogP contribution in [0.25, 0.3) is 0 Å². The molecule has 3 aromatic rings. The first kappa shape index (κ1) is 30.1. The van der Waals surface area contributed by atoms with Crippen molar-refractivity contribution < 1.29 is 22.4 Å². The van der Waals surface area contributed by atoms with Gasteiger partial charge >= 0.3 is 0 Å². The SMILES string of the molecule is CC[C@H](C)NC(=O)[C@@H](C)N(Cc1ccccc1F)C(=O)CN(c1ccccc1C)S(=O)(=O)c1ccc(Cl)cc1. The summed E-state index contributed by atoms with van der Waals surface area (Å²) in [6.45, 7) is 6.21. The lowest BCUT2D eigenvalue weighted by Crippen LogP contribution is -2.52. The number of para-hydroxylation sites is 1. The van der Waals surface area contributed by atoms with Gasteiger partial charge in [-0.15, -0.1) is 0 Å². The molecule has 3 aromatic carbocycles. The van der Waals surface area contributed by atoms with Gasteiger partial charge in [-0.05, 0) is 69.2 Å². The Kier molecular flexibility index (Phi) is 10.1. The highest BCUT2D eigenvalue weighted by atomic mass is 35.5. The summed E-state index contributed by atoms with van der Waals surface area (Å²) in [5.74, 6) is -1.61. The third kappa shape index (κ3) is 7.36. The van der Waals surface area contributed by atoms with Crippen LogP contribution >= 0.6 is 11.6 Å². The van der Waals surface area contributed by atoms with Crippen molar-refractivity contribution in [2.75, 3.05) is 10.8 Å². The topological polar surface area (TPSA) is 86.8 Å². The van der Waals surface area contributed by atoms with E-state index < -0.39 is 40.2 Å². The molecule has 1 N–H and O–H groups in total. The number of rotatable bonds is 11. The van der Waals surface area contributed by atoms with Gasteiger partial charge in [0.1, 0.15) is 18.4 Å². The Bertz CT molecular complexity index is 1420. The lowest BCUT2D eigenvalue weighted by molar-refractivity contribution is -0.139. The molecule has 0 saturated carbocycles. The average molecular weight is 574 g/mol. The average Bonchev–Trinajstić information content (AvgIpc) is 2.91. The summed E-state index contributed by atoms with van der Waals surface area (Å²) in [6, 6.07) is 17.3. The number of halogens is 2. The summed E-state index contributed by atoms with van der Waals surface area (Å²) >= 11 is 5.97. The Morgan fingerprint density at radius 1 is 0.974 bits per heavy atom. The fourth-order valence-corrected chi connectivity index (χ4v) is 5.55. The lowest BCUT2D eigenvalue weighted by atomic mass is 10.1. The third-order valence-corrected chi connectivity index (χ3v) is 8.56. The van der Waals surface area contributed by atoms with E-state index in [0.29, 0.717) is 22.7 Å². The van der Waals surface area contributed by atoms with E-state index in [2.05, 4.69) is 5.32 Å². The van der Waals surface area contributed by atoms with Crippen LogP contribution in [0.3, 0.4) is 0 Å². The van der Waals surface area contributed by atoms with Crippen LogP contribution in [-0.4, -0.2) is 43.8 Å². The van der Waals surface area contributed by atoms with Gasteiger partial charge in [0.15, 0.2) is 0 Å². The van der Waals surface area contributed by atoms with Crippen LogP contribution in [0.2, 0.25) is 5.02 Å². The minimum absolute atomic E-state index is 0.0498. The summed E-state index contributed by atoms with van der Waals surface area (Å²) in [4.78, 5) is 28.1. The van der Waals surface area contributed by atoms with Crippen molar-refractivity contribution in [1.82, 2.24) is 10.2 Å². The van der Waals surface area contributed by atoms with E-state index in [-0.39, 0.29) is 23.0 Å². The molecule has 0 radical (unpaired) electrons. The zero-order chi connectivity index (χ0) is 28.7. The predicted octanol–water partition coefficient (Wildman–Crippen LogP) is 5.31. The lowest BCUT2D eigenvalue weighted by Gasteiger charge is -2.33. The van der Waals surface area contributed by atoms with Crippen LogP contribution in [0.15, 0.2) is 77.7 Å². The van der Waals surface area contributed by atoms with Gasteiger partial charge in [0, 0.05) is 23.2 Å². The number of carbonyl (C=O) groups excluding carboxylic acids is 2. The maximum atomic E-state index is 14.6. The van der Waals surface area contributed by atoms with E-state index in [1.54, 1.807) is 44.2 Å². The third-order valence-electron chi connectivity index (χ3n) is 6.53. The van der Waals surface area contributed by atoms with Gasteiger partial charge in [-0.1, -0.05) is 54.9 Å². The maximum absolute atomic E-state index is 14.6. The monoisotopic (exact) mass is 573 g/mol. The molecule has 0 unspecified atom stereocenters. The highest BCUT2D eigenvalue weighted by molar-refractivity contribution is 7.92. The predicted molar refractivity (Wildman–Crippen MR) is 151 cm³/mol. The number of nitrogens with one attached hydrogen (secondary N) is 1. The van der Waals surface area contributed by atoms with Crippen molar-refractivity contribution in [3.8, 4) is 0 Å². The fraction of sp³-hybridized carbons (Fsp3) is 0.310. The van der Waals surface area contributed by atoms with Crippen LogP contribution in [0.4, 0.5) is 10.1 Å². The smallest absolute Gasteiger partial charge is 0.264 e. The second-order valence-electron chi connectivity index (χ2n) is 9.36. The first-order valence-electron chi connectivity index (χ1n) is 12.6. The summed E-state index contributed by atoms with van der Waals surface area (Å²) in [5.41, 5.74) is 1.14. The van der Waals surface area contributed by atoms with Crippen LogP contribution in [-0.2, 0) is 26.2 Å². The Labute approximate surface area is 234 Å². The highest BCUT2D eigenvalue weighted by Crippen LogP contribution is 2.28. The number of nitrogens with zero attached hydrogens (tertiary/aromatic N) is 2. The van der Waals surface area contributed by atoms with Crippen LogP contribution in [0, 0.1) is 12.7 Å². The van der Waals surface area contributed by atoms with E-state index in [1.807, 2.05) is 13.8 Å². The van der Waals surface area contributed by atoms with Gasteiger partial charge in [0.25, 0.3) is 10.0 Å². The molecular weight excluding hydrogens is 541 g/mol. The van der Waals surface area contributed by atoms with Crippen molar-refractivity contribution in [2.24, 2.45) is 0 Å². The Morgan fingerprint density at radius 3 is 2.21 bits per heavy atom. The van der Waals surface area contributed by atoms with Crippen molar-refractivity contribution in [1.29, 1.82) is 0 Å². The van der Waals surface area contributed by atoms with E-state index in [9.17, 15) is 22.4 Å². The molecule has 3 rings (SSSR count). The molecule has 0 aromatic heterocycles. The molecule has 0 aliphatic rings. The molecule has 0 spiro atoms. The minimum Gasteiger partial charge on any atom is -0.352 e. The molecular formula is C29H33ClFN3O4S. The van der Waals surface area contributed by atoms with E-state index in [1.165, 1.54) is 47.4 Å². The zero-order valence-corrected chi connectivity index (χ0v) is 24.0. The van der Waals surface area contributed by atoms with Crippen molar-refractivity contribution in [3.63, 3.8) is 0 Å². The summed E-state index contributed by atoms with van der Waals surface area (Å²) in [7, 11) is -4.22. The molecule has 0 aliphatic heterocycles. The number of hydrogen-bond acceptors (Lipinski definition) is 4. The molecule has 0 aliphatic carbocycles. The largest absolute Gasteiger partial charge is 0.352 e. The number of sulfonamides is 1. The van der Waals surface area contributed by atoms with Gasteiger partial charge in [0.2, 0.25) is 11.8 Å². The number of aryl methyl sites for hydroxylation is 1. The number of hydrogen-bond donors (Lipinski definition) is 1. The molecule has 7 nitrogen and oxygen atoms in total. The number of benzene rings is 3. The molecule has 0 fully saturated rings. The van der Waals surface area contributed by atoms with Crippen LogP contribution < -0.4 is 9.62 Å². The van der Waals surface area contributed by atoms with Gasteiger partial charge in [-0.25, -0.2) is 12.8 Å². The summed E-state index contributed by atoms with van der Waals surface area (Å²) in [6.07, 6.45) is 0.681. The molecule has 0 heterocycles. The van der Waals surface area contributed by atoms with Gasteiger partial charge in [-0.3, -0.25) is 13.9 Å². The molecule has 0 saturated heterocycles. The number of amides is 2. The van der Waals surface area contributed by atoms with Crippen molar-refractivity contribution in [2.45, 2.75) is 57.6 Å². The first-order valence-corrected chi connectivity index (χ1v) is 14.4. The quantitative estimate of drug-likeness (QED) is 0.337. The Morgan fingerprint density at radius 2 is 1.59 bits per heavy atom. The molecule has 0 bridgehead atoms. The Balaban J connectivity index is 2.05. The van der Waals surface area contributed by atoms with Gasteiger partial charge in [0.05, 0.1) is 10.6 Å².